The Morgan fingerprint density at radius 2 is 1.49 bits per heavy atom. The number of anilines is 1. The highest BCUT2D eigenvalue weighted by molar-refractivity contribution is 7.98. The molecule has 2 atom stereocenters. The Bertz CT molecular complexity index is 1180. The van der Waals surface area contributed by atoms with Crippen LogP contribution in [0.2, 0.25) is 0 Å². The second-order valence-corrected chi connectivity index (χ2v) is 12.8. The van der Waals surface area contributed by atoms with Gasteiger partial charge in [0.2, 0.25) is 11.8 Å². The zero-order valence-corrected chi connectivity index (χ0v) is 25.3. The first-order valence-electron chi connectivity index (χ1n) is 13.5. The average molecular weight is 585 g/mol. The van der Waals surface area contributed by atoms with Gasteiger partial charge in [0, 0.05) is 28.9 Å². The van der Waals surface area contributed by atoms with E-state index in [4.69, 9.17) is 9.47 Å². The second kappa shape index (κ2) is 13.9. The highest BCUT2D eigenvalue weighted by atomic mass is 32.2. The topological polar surface area (TPSA) is 126 Å². The maximum absolute atomic E-state index is 12.8. The summed E-state index contributed by atoms with van der Waals surface area (Å²) in [7, 11) is 0. The summed E-state index contributed by atoms with van der Waals surface area (Å²) in [5, 5.41) is 8.82. The molecule has 3 N–H and O–H groups in total. The van der Waals surface area contributed by atoms with Crippen molar-refractivity contribution >= 4 is 41.5 Å². The van der Waals surface area contributed by atoms with E-state index in [1.165, 1.54) is 4.90 Å². The zero-order valence-electron chi connectivity index (χ0n) is 24.5. The maximum Gasteiger partial charge on any atom is 0.420 e. The molecule has 1 saturated heterocycles. The summed E-state index contributed by atoms with van der Waals surface area (Å²) in [6.45, 7) is 9.74. The number of imide groups is 1. The quantitative estimate of drug-likeness (QED) is 0.373. The molecule has 11 heteroatoms. The first kappa shape index (κ1) is 32.0. The Morgan fingerprint density at radius 1 is 0.902 bits per heavy atom. The number of hydrogen-bond acceptors (Lipinski definition) is 8. The third kappa shape index (κ3) is 11.1. The number of ether oxygens (including phenoxy) is 2. The standard InChI is InChI=1S/C30H40N4O6S/c1-29(2,3)39-27(37)34(28(38)40-30(4,5)6)18-25(35)32-22-16-24(31-17-22)26(36)33-21-14-12-20(13-15-21)19-41-23-10-8-7-9-11-23/h7-15,22,24,31H,16-19H2,1-6H3,(H,32,35)(H,33,36)/t22-,24+/m1/s1. The largest absolute Gasteiger partial charge is 0.443 e. The molecule has 0 saturated carbocycles. The van der Waals surface area contributed by atoms with Gasteiger partial charge in [-0.05, 0) is 77.8 Å². The van der Waals surface area contributed by atoms with Gasteiger partial charge in [-0.15, -0.1) is 11.8 Å². The van der Waals surface area contributed by atoms with Gasteiger partial charge in [-0.25, -0.2) is 14.5 Å². The average Bonchev–Trinajstić information content (AvgIpc) is 3.34. The monoisotopic (exact) mass is 584 g/mol. The predicted octanol–water partition coefficient (Wildman–Crippen LogP) is 4.94. The van der Waals surface area contributed by atoms with Crippen molar-refractivity contribution in [1.29, 1.82) is 0 Å². The van der Waals surface area contributed by atoms with Gasteiger partial charge in [0.25, 0.3) is 0 Å². The molecule has 1 fully saturated rings. The van der Waals surface area contributed by atoms with Gasteiger partial charge in [-0.1, -0.05) is 30.3 Å². The van der Waals surface area contributed by atoms with Gasteiger partial charge in [-0.3, -0.25) is 9.59 Å². The molecule has 41 heavy (non-hydrogen) atoms. The molecule has 222 valence electrons. The molecule has 0 radical (unpaired) electrons. The number of amides is 4. The highest BCUT2D eigenvalue weighted by Crippen LogP contribution is 2.23. The number of hydrogen-bond donors (Lipinski definition) is 3. The van der Waals surface area contributed by atoms with Crippen LogP contribution in [-0.2, 0) is 24.8 Å². The first-order valence-corrected chi connectivity index (χ1v) is 14.5. The number of nitrogens with one attached hydrogen (secondary N) is 3. The van der Waals surface area contributed by atoms with E-state index in [1.54, 1.807) is 53.3 Å². The molecule has 0 aromatic heterocycles. The normalized spacial score (nSPS) is 16.9. The Balaban J connectivity index is 1.49. The van der Waals surface area contributed by atoms with E-state index in [2.05, 4.69) is 28.1 Å². The van der Waals surface area contributed by atoms with Crippen LogP contribution in [0.1, 0.15) is 53.5 Å². The molecule has 10 nitrogen and oxygen atoms in total. The molecule has 1 heterocycles. The molecule has 3 rings (SSSR count). The van der Waals surface area contributed by atoms with E-state index in [0.29, 0.717) is 23.6 Å². The Labute approximate surface area is 245 Å². The summed E-state index contributed by atoms with van der Waals surface area (Å²) in [6, 6.07) is 17.0. The van der Waals surface area contributed by atoms with Gasteiger partial charge in [0.05, 0.1) is 6.04 Å². The lowest BCUT2D eigenvalue weighted by Gasteiger charge is -2.28. The van der Waals surface area contributed by atoms with Crippen LogP contribution in [-0.4, -0.2) is 65.3 Å². The summed E-state index contributed by atoms with van der Waals surface area (Å²) < 4.78 is 10.6. The number of nitrogens with zero attached hydrogens (tertiary/aromatic N) is 1. The van der Waals surface area contributed by atoms with Crippen molar-refractivity contribution in [2.45, 2.75) is 81.9 Å². The Kier molecular flexibility index (Phi) is 10.8. The molecule has 0 aliphatic carbocycles. The summed E-state index contributed by atoms with van der Waals surface area (Å²) in [5.41, 5.74) is 0.0877. The molecule has 4 amide bonds. The third-order valence-electron chi connectivity index (χ3n) is 5.71. The van der Waals surface area contributed by atoms with Crippen molar-refractivity contribution in [2.24, 2.45) is 0 Å². The molecule has 2 aromatic rings. The van der Waals surface area contributed by atoms with Crippen molar-refractivity contribution in [3.05, 3.63) is 60.2 Å². The highest BCUT2D eigenvalue weighted by Gasteiger charge is 2.35. The van der Waals surface area contributed by atoms with E-state index in [-0.39, 0.29) is 11.9 Å². The van der Waals surface area contributed by atoms with Crippen LogP contribution in [0.3, 0.4) is 0 Å². The first-order chi connectivity index (χ1) is 19.2. The van der Waals surface area contributed by atoms with Gasteiger partial charge in [0.15, 0.2) is 0 Å². The van der Waals surface area contributed by atoms with Crippen LogP contribution in [0.4, 0.5) is 15.3 Å². The molecule has 1 aliphatic heterocycles. The van der Waals surface area contributed by atoms with Crippen LogP contribution in [0.5, 0.6) is 0 Å². The number of carbonyl (C=O) groups is 4. The second-order valence-electron chi connectivity index (χ2n) is 11.8. The Morgan fingerprint density at radius 3 is 2.05 bits per heavy atom. The van der Waals surface area contributed by atoms with E-state index in [0.717, 1.165) is 11.3 Å². The van der Waals surface area contributed by atoms with Gasteiger partial charge >= 0.3 is 12.2 Å². The van der Waals surface area contributed by atoms with Crippen molar-refractivity contribution in [3.63, 3.8) is 0 Å². The zero-order chi connectivity index (χ0) is 30.2. The summed E-state index contributed by atoms with van der Waals surface area (Å²) in [5.74, 6) is 0.0409. The summed E-state index contributed by atoms with van der Waals surface area (Å²) in [6.07, 6.45) is -1.61. The lowest BCUT2D eigenvalue weighted by atomic mass is 10.1. The molecular weight excluding hydrogens is 544 g/mol. The number of thioether (sulfide) groups is 1. The molecule has 1 aliphatic rings. The van der Waals surface area contributed by atoms with Crippen molar-refractivity contribution in [2.75, 3.05) is 18.4 Å². The van der Waals surface area contributed by atoms with Gasteiger partial charge in [0.1, 0.15) is 17.7 Å². The fourth-order valence-corrected chi connectivity index (χ4v) is 4.77. The summed E-state index contributed by atoms with van der Waals surface area (Å²) in [4.78, 5) is 52.8. The molecular formula is C30H40N4O6S. The van der Waals surface area contributed by atoms with E-state index >= 15 is 0 Å². The van der Waals surface area contributed by atoms with Crippen LogP contribution in [0, 0.1) is 0 Å². The minimum atomic E-state index is -0.978. The molecule has 0 spiro atoms. The van der Waals surface area contributed by atoms with E-state index < -0.39 is 41.9 Å². The maximum atomic E-state index is 12.8. The van der Waals surface area contributed by atoms with Crippen LogP contribution >= 0.6 is 11.8 Å². The van der Waals surface area contributed by atoms with Crippen molar-refractivity contribution in [3.8, 4) is 0 Å². The van der Waals surface area contributed by atoms with E-state index in [9.17, 15) is 19.2 Å². The fraction of sp³-hybridized carbons (Fsp3) is 0.467. The number of benzene rings is 2. The van der Waals surface area contributed by atoms with Gasteiger partial charge < -0.3 is 25.4 Å². The van der Waals surface area contributed by atoms with Gasteiger partial charge in [-0.2, -0.15) is 0 Å². The fourth-order valence-electron chi connectivity index (χ4n) is 3.90. The molecule has 2 aromatic carbocycles. The number of carbonyl (C=O) groups excluding carboxylic acids is 4. The van der Waals surface area contributed by atoms with Crippen molar-refractivity contribution < 1.29 is 28.7 Å². The lowest BCUT2D eigenvalue weighted by Crippen LogP contribution is -2.49. The van der Waals surface area contributed by atoms with Crippen LogP contribution in [0.15, 0.2) is 59.5 Å². The minimum absolute atomic E-state index is 0.211. The minimum Gasteiger partial charge on any atom is -0.443 e. The molecule has 0 bridgehead atoms. The molecule has 0 unspecified atom stereocenters. The third-order valence-corrected chi connectivity index (χ3v) is 6.80. The van der Waals surface area contributed by atoms with Crippen LogP contribution in [0.25, 0.3) is 0 Å². The summed E-state index contributed by atoms with van der Waals surface area (Å²) >= 11 is 1.74. The lowest BCUT2D eigenvalue weighted by molar-refractivity contribution is -0.123. The van der Waals surface area contributed by atoms with Crippen molar-refractivity contribution in [1.82, 2.24) is 15.5 Å². The van der Waals surface area contributed by atoms with E-state index in [1.807, 2.05) is 42.5 Å². The SMILES string of the molecule is CC(C)(C)OC(=O)N(CC(=O)N[C@H]1CN[C@H](C(=O)Nc2ccc(CSc3ccccc3)cc2)C1)C(=O)OC(C)(C)C. The predicted molar refractivity (Wildman–Crippen MR) is 159 cm³/mol. The smallest absolute Gasteiger partial charge is 0.420 e. The van der Waals surface area contributed by atoms with Crippen LogP contribution < -0.4 is 16.0 Å². The Hall–Kier alpha value is -3.57. The number of rotatable bonds is 8.